The normalized spacial score (nSPS) is 14.9. The van der Waals surface area contributed by atoms with Crippen LogP contribution in [0.1, 0.15) is 31.1 Å². The van der Waals surface area contributed by atoms with Crippen LogP contribution < -0.4 is 9.64 Å². The molecule has 8 heteroatoms. The lowest BCUT2D eigenvalue weighted by Gasteiger charge is -2.37. The van der Waals surface area contributed by atoms with Gasteiger partial charge in [-0.2, -0.15) is 0 Å². The Balaban J connectivity index is 2.09. The van der Waals surface area contributed by atoms with Crippen molar-refractivity contribution in [3.05, 3.63) is 17.8 Å². The molecule has 1 aliphatic rings. The van der Waals surface area contributed by atoms with Crippen molar-refractivity contribution in [1.29, 1.82) is 0 Å². The molecule has 2 rings (SSSR count). The molecule has 8 nitrogen and oxygen atoms in total. The van der Waals surface area contributed by atoms with Gasteiger partial charge in [0.25, 0.3) is 0 Å². The number of nitrogens with zero attached hydrogens (tertiary/aromatic N) is 3. The van der Waals surface area contributed by atoms with Gasteiger partial charge in [0.05, 0.1) is 19.8 Å². The molecule has 0 aliphatic carbocycles. The molecule has 1 aliphatic heterocycles. The topological polar surface area (TPSA) is 81.2 Å². The first-order valence-electron chi connectivity index (χ1n) is 8.10. The van der Waals surface area contributed by atoms with Crippen LogP contribution in [0, 0.1) is 0 Å². The zero-order valence-corrected chi connectivity index (χ0v) is 15.4. The Kier molecular flexibility index (Phi) is 5.71. The minimum atomic E-state index is -0.518. The fourth-order valence-electron chi connectivity index (χ4n) is 2.51. The van der Waals surface area contributed by atoms with Crippen molar-refractivity contribution in [2.75, 3.05) is 45.3 Å². The van der Waals surface area contributed by atoms with E-state index < -0.39 is 11.6 Å². The number of carbonyl (C=O) groups is 2. The zero-order chi connectivity index (χ0) is 18.6. The number of aromatic nitrogens is 1. The van der Waals surface area contributed by atoms with E-state index in [0.29, 0.717) is 43.3 Å². The minimum Gasteiger partial charge on any atom is -0.480 e. The highest BCUT2D eigenvalue weighted by Crippen LogP contribution is 2.28. The Morgan fingerprint density at radius 2 is 1.76 bits per heavy atom. The van der Waals surface area contributed by atoms with E-state index in [-0.39, 0.29) is 6.09 Å². The van der Waals surface area contributed by atoms with Gasteiger partial charge in [-0.25, -0.2) is 14.6 Å². The lowest BCUT2D eigenvalue weighted by atomic mass is 10.2. The second-order valence-corrected chi connectivity index (χ2v) is 6.70. The summed E-state index contributed by atoms with van der Waals surface area (Å²) in [4.78, 5) is 31.8. The quantitative estimate of drug-likeness (QED) is 0.770. The number of ether oxygens (including phenoxy) is 3. The molecule has 0 unspecified atom stereocenters. The maximum Gasteiger partial charge on any atom is 0.410 e. The number of piperazine rings is 1. The highest BCUT2D eigenvalue weighted by Gasteiger charge is 2.27. The van der Waals surface area contributed by atoms with E-state index in [1.54, 1.807) is 11.0 Å². The number of esters is 1. The van der Waals surface area contributed by atoms with E-state index in [2.05, 4.69) is 4.98 Å². The molecular formula is C17H25N3O5. The van der Waals surface area contributed by atoms with Gasteiger partial charge in [-0.05, 0) is 26.8 Å². The maximum atomic E-state index is 12.1. The Bertz CT molecular complexity index is 634. The molecule has 25 heavy (non-hydrogen) atoms. The molecule has 0 aromatic carbocycles. The van der Waals surface area contributed by atoms with Crippen molar-refractivity contribution in [2.24, 2.45) is 0 Å². The van der Waals surface area contributed by atoms with Crippen LogP contribution in [0.5, 0.6) is 5.88 Å². The van der Waals surface area contributed by atoms with E-state index in [1.165, 1.54) is 20.4 Å². The first-order valence-corrected chi connectivity index (χ1v) is 8.10. The molecule has 0 N–H and O–H groups in total. The number of rotatable bonds is 3. The second kappa shape index (κ2) is 7.58. The molecule has 0 spiro atoms. The second-order valence-electron chi connectivity index (χ2n) is 6.70. The molecule has 1 aromatic rings. The molecule has 1 amide bonds. The predicted molar refractivity (Wildman–Crippen MR) is 92.1 cm³/mol. The van der Waals surface area contributed by atoms with Gasteiger partial charge in [0.15, 0.2) is 0 Å². The van der Waals surface area contributed by atoms with Crippen LogP contribution in [0.2, 0.25) is 0 Å². The number of hydrogen-bond acceptors (Lipinski definition) is 7. The first-order chi connectivity index (χ1) is 11.7. The highest BCUT2D eigenvalue weighted by molar-refractivity contribution is 5.90. The molecule has 0 bridgehead atoms. The number of pyridine rings is 1. The first kappa shape index (κ1) is 18.8. The van der Waals surface area contributed by atoms with Crippen molar-refractivity contribution in [3.63, 3.8) is 0 Å². The summed E-state index contributed by atoms with van der Waals surface area (Å²) in [6.45, 7) is 7.73. The summed E-state index contributed by atoms with van der Waals surface area (Å²) in [5, 5.41) is 0. The third-order valence-electron chi connectivity index (χ3n) is 3.72. The summed E-state index contributed by atoms with van der Waals surface area (Å²) in [5.41, 5.74) is 0.540. The van der Waals surface area contributed by atoms with Crippen LogP contribution in [0.15, 0.2) is 12.3 Å². The number of methoxy groups -OCH3 is 2. The average molecular weight is 351 g/mol. The molecule has 1 aromatic heterocycles. The number of carbonyl (C=O) groups excluding carboxylic acids is 2. The molecule has 2 heterocycles. The summed E-state index contributed by atoms with van der Waals surface area (Å²) in [6, 6.07) is 1.70. The van der Waals surface area contributed by atoms with Gasteiger partial charge in [-0.15, -0.1) is 0 Å². The van der Waals surface area contributed by atoms with Crippen LogP contribution in [-0.4, -0.2) is 67.9 Å². The number of amides is 1. The summed E-state index contributed by atoms with van der Waals surface area (Å²) < 4.78 is 15.4. The van der Waals surface area contributed by atoms with Crippen LogP contribution in [-0.2, 0) is 9.47 Å². The molecule has 1 saturated heterocycles. The van der Waals surface area contributed by atoms with E-state index in [0.717, 1.165) is 0 Å². The standard InChI is InChI=1S/C17H25N3O5/c1-17(2,3)25-16(22)20-8-6-19(7-9-20)13-10-12(15(21)24-5)11-18-14(13)23-4/h10-11H,6-9H2,1-5H3. The lowest BCUT2D eigenvalue weighted by Crippen LogP contribution is -2.50. The summed E-state index contributed by atoms with van der Waals surface area (Å²) in [5.74, 6) is -0.0258. The van der Waals surface area contributed by atoms with E-state index in [4.69, 9.17) is 14.2 Å². The Morgan fingerprint density at radius 3 is 2.28 bits per heavy atom. The number of anilines is 1. The number of hydrogen-bond donors (Lipinski definition) is 0. The third-order valence-corrected chi connectivity index (χ3v) is 3.72. The van der Waals surface area contributed by atoms with Crippen molar-refractivity contribution >= 4 is 17.7 Å². The van der Waals surface area contributed by atoms with Gasteiger partial charge in [-0.1, -0.05) is 0 Å². The Labute approximate surface area is 147 Å². The summed E-state index contributed by atoms with van der Waals surface area (Å²) >= 11 is 0. The molecule has 138 valence electrons. The molecular weight excluding hydrogens is 326 g/mol. The maximum absolute atomic E-state index is 12.1. The fraction of sp³-hybridized carbons (Fsp3) is 0.588. The van der Waals surface area contributed by atoms with Crippen molar-refractivity contribution in [3.8, 4) is 5.88 Å². The Hall–Kier alpha value is -2.51. The van der Waals surface area contributed by atoms with Crippen LogP contribution in [0.3, 0.4) is 0 Å². The monoisotopic (exact) mass is 351 g/mol. The third kappa shape index (κ3) is 4.74. The van der Waals surface area contributed by atoms with Crippen molar-refractivity contribution < 1.29 is 23.8 Å². The Morgan fingerprint density at radius 1 is 1.12 bits per heavy atom. The van der Waals surface area contributed by atoms with E-state index >= 15 is 0 Å². The van der Waals surface area contributed by atoms with Gasteiger partial charge in [-0.3, -0.25) is 0 Å². The van der Waals surface area contributed by atoms with E-state index in [9.17, 15) is 9.59 Å². The molecule has 0 radical (unpaired) electrons. The predicted octanol–water partition coefficient (Wildman–Crippen LogP) is 1.93. The summed E-state index contributed by atoms with van der Waals surface area (Å²) in [7, 11) is 2.85. The van der Waals surface area contributed by atoms with Crippen LogP contribution >= 0.6 is 0 Å². The highest BCUT2D eigenvalue weighted by atomic mass is 16.6. The lowest BCUT2D eigenvalue weighted by molar-refractivity contribution is 0.0240. The molecule has 0 atom stereocenters. The smallest absolute Gasteiger partial charge is 0.410 e. The largest absolute Gasteiger partial charge is 0.480 e. The van der Waals surface area contributed by atoms with Gasteiger partial charge in [0.2, 0.25) is 5.88 Å². The fourth-order valence-corrected chi connectivity index (χ4v) is 2.51. The van der Waals surface area contributed by atoms with Crippen molar-refractivity contribution in [2.45, 2.75) is 26.4 Å². The molecule has 0 saturated carbocycles. The molecule has 1 fully saturated rings. The van der Waals surface area contributed by atoms with Gasteiger partial charge >= 0.3 is 12.1 Å². The van der Waals surface area contributed by atoms with Crippen LogP contribution in [0.4, 0.5) is 10.5 Å². The average Bonchev–Trinajstić information content (AvgIpc) is 2.59. The van der Waals surface area contributed by atoms with Gasteiger partial charge in [0.1, 0.15) is 11.3 Å². The zero-order valence-electron chi connectivity index (χ0n) is 15.4. The SMILES string of the molecule is COC(=O)c1cnc(OC)c(N2CCN(C(=O)OC(C)(C)C)CC2)c1. The van der Waals surface area contributed by atoms with Crippen molar-refractivity contribution in [1.82, 2.24) is 9.88 Å². The summed E-state index contributed by atoms with van der Waals surface area (Å²) in [6.07, 6.45) is 1.10. The van der Waals surface area contributed by atoms with Crippen LogP contribution in [0.25, 0.3) is 0 Å². The minimum absolute atomic E-state index is 0.319. The van der Waals surface area contributed by atoms with Gasteiger partial charge < -0.3 is 24.0 Å². The van der Waals surface area contributed by atoms with E-state index in [1.807, 2.05) is 25.7 Å². The van der Waals surface area contributed by atoms with Gasteiger partial charge in [0, 0.05) is 32.4 Å².